The summed E-state index contributed by atoms with van der Waals surface area (Å²) in [5.41, 5.74) is 1.71. The summed E-state index contributed by atoms with van der Waals surface area (Å²) < 4.78 is 0. The van der Waals surface area contributed by atoms with E-state index in [1.807, 2.05) is 36.4 Å². The van der Waals surface area contributed by atoms with Gasteiger partial charge in [-0.25, -0.2) is 0 Å². The van der Waals surface area contributed by atoms with Gasteiger partial charge in [0.2, 0.25) is 0 Å². The molecule has 0 saturated carbocycles. The van der Waals surface area contributed by atoms with Crippen LogP contribution in [0.5, 0.6) is 0 Å². The number of benzene rings is 13. The number of rotatable bonds is 6. The van der Waals surface area contributed by atoms with Crippen LogP contribution in [0.3, 0.4) is 0 Å². The first-order chi connectivity index (χ1) is 35.7. The minimum atomic E-state index is -1.14. The summed E-state index contributed by atoms with van der Waals surface area (Å²) in [4.78, 5) is 0. The summed E-state index contributed by atoms with van der Waals surface area (Å²) in [6.07, 6.45) is 15.3. The molecule has 0 atom stereocenters. The Hall–Kier alpha value is -7.12. The molecule has 0 aliphatic rings. The maximum absolute atomic E-state index is 7.63. The van der Waals surface area contributed by atoms with Crippen LogP contribution in [0.1, 0.15) is 11.1 Å². The second-order valence-electron chi connectivity index (χ2n) is 17.7. The van der Waals surface area contributed by atoms with Gasteiger partial charge in [0.15, 0.2) is 0 Å². The van der Waals surface area contributed by atoms with Crippen molar-refractivity contribution in [2.45, 2.75) is 0 Å². The molecule has 358 valence electrons. The van der Waals surface area contributed by atoms with E-state index in [9.17, 15) is 0 Å². The largest absolute Gasteiger partial charge is 1.00 e. The van der Waals surface area contributed by atoms with Crippen molar-refractivity contribution in [3.8, 4) is 11.8 Å². The number of hydrogen-bond donors (Lipinski definition) is 0. The molecule has 0 heterocycles. The maximum atomic E-state index is 7.63. The van der Waals surface area contributed by atoms with Crippen molar-refractivity contribution in [1.29, 1.82) is 0 Å². The van der Waals surface area contributed by atoms with Crippen LogP contribution in [-0.4, -0.2) is 0 Å². The average molecular weight is 1350 g/mol. The van der Waals surface area contributed by atoms with Gasteiger partial charge in [0.25, 0.3) is 0 Å². The molecular formula is C70H48Au2P2+2. The van der Waals surface area contributed by atoms with Crippen molar-refractivity contribution in [1.82, 2.24) is 0 Å². The number of fused-ring (bicyclic) bond motifs is 10. The van der Waals surface area contributed by atoms with E-state index >= 15 is 0 Å². The number of hydrogen-bond acceptors (Lipinski definition) is 0. The Morgan fingerprint density at radius 3 is 0.838 bits per heavy atom. The van der Waals surface area contributed by atoms with Crippen LogP contribution < -0.4 is 31.8 Å². The first-order valence-electron chi connectivity index (χ1n) is 24.3. The van der Waals surface area contributed by atoms with Crippen molar-refractivity contribution in [3.63, 3.8) is 0 Å². The van der Waals surface area contributed by atoms with E-state index in [0.717, 1.165) is 32.7 Å². The topological polar surface area (TPSA) is 0 Å². The Balaban J connectivity index is 0.000000140. The van der Waals surface area contributed by atoms with Gasteiger partial charge in [0.05, 0.1) is 0 Å². The minimum Gasteiger partial charge on any atom is -0.366 e. The molecule has 13 aromatic carbocycles. The molecule has 0 radical (unpaired) electrons. The van der Waals surface area contributed by atoms with E-state index < -0.39 is 15.8 Å². The van der Waals surface area contributed by atoms with Crippen molar-refractivity contribution < 1.29 is 44.8 Å². The SMILES string of the molecule is [Au+].[Au+].[C-]#Cc1cc2ccccc2c2ccc3ccccc3c12.[C-]#Cc1cc2ccccc2c2ccc3ccccc3c12.c1ccc([PH+](c2ccccc2)c2ccccc2[PH+](c2ccccc2)c2ccccc2)cc1. The molecule has 0 aromatic heterocycles. The summed E-state index contributed by atoms with van der Waals surface area (Å²) in [7, 11) is -2.28. The van der Waals surface area contributed by atoms with Crippen LogP contribution in [0.15, 0.2) is 279 Å². The zero-order chi connectivity index (χ0) is 48.6. The molecule has 0 N–H and O–H groups in total. The zero-order valence-corrected chi connectivity index (χ0v) is 46.5. The second-order valence-corrected chi connectivity index (χ2v) is 22.6. The van der Waals surface area contributed by atoms with Gasteiger partial charge < -0.3 is 12.8 Å². The van der Waals surface area contributed by atoms with E-state index in [4.69, 9.17) is 12.8 Å². The third-order valence-electron chi connectivity index (χ3n) is 13.5. The Labute approximate surface area is 468 Å². The van der Waals surface area contributed by atoms with Gasteiger partial charge in [-0.3, -0.25) is 11.8 Å². The fraction of sp³-hybridized carbons (Fsp3) is 0. The molecular weight excluding hydrogens is 1300 g/mol. The van der Waals surface area contributed by atoms with Crippen molar-refractivity contribution in [2.75, 3.05) is 0 Å². The second kappa shape index (κ2) is 24.3. The molecule has 0 fully saturated rings. The fourth-order valence-electron chi connectivity index (χ4n) is 10.3. The van der Waals surface area contributed by atoms with Gasteiger partial charge in [-0.15, -0.1) is 23.3 Å². The van der Waals surface area contributed by atoms with E-state index in [1.165, 1.54) is 74.9 Å². The minimum absolute atomic E-state index is 0. The summed E-state index contributed by atoms with van der Waals surface area (Å²) in [5.74, 6) is 5.21. The molecule has 13 aromatic rings. The maximum Gasteiger partial charge on any atom is 1.00 e. The standard InChI is InChI=1S/C30H24P2.2C20H11.2Au/c1-5-15-25(16-6-1)31(26-17-7-2-8-18-26)29-23-13-14-24-30(29)32(27-19-9-3-10-20-27)28-21-11-4-12-22-28;2*1-2-14-13-16-8-4-5-9-17(16)19-12-11-15-7-3-6-10-18(15)20(14)19;;/h1-24H;2*3-13H;;/q;2*-1;2*+1/p+2. The molecule has 13 rings (SSSR count). The fourth-order valence-corrected chi connectivity index (χ4v) is 16.2. The van der Waals surface area contributed by atoms with Gasteiger partial charge in [0, 0.05) is 0 Å². The van der Waals surface area contributed by atoms with Crippen molar-refractivity contribution in [3.05, 3.63) is 303 Å². The van der Waals surface area contributed by atoms with Crippen LogP contribution >= 0.6 is 15.8 Å². The van der Waals surface area contributed by atoms with E-state index in [1.54, 1.807) is 0 Å². The molecule has 0 saturated heterocycles. The van der Waals surface area contributed by atoms with Gasteiger partial charge in [0.1, 0.15) is 47.7 Å². The Bertz CT molecular complexity index is 3780. The van der Waals surface area contributed by atoms with Crippen LogP contribution in [-0.2, 0) is 44.8 Å². The van der Waals surface area contributed by atoms with Crippen molar-refractivity contribution in [2.24, 2.45) is 0 Å². The van der Waals surface area contributed by atoms with Gasteiger partial charge in [-0.2, -0.15) is 0 Å². The zero-order valence-electron chi connectivity index (χ0n) is 40.2. The van der Waals surface area contributed by atoms with Crippen molar-refractivity contribution >= 4 is 112 Å². The third-order valence-corrected chi connectivity index (χ3v) is 19.3. The van der Waals surface area contributed by atoms with E-state index in [-0.39, 0.29) is 44.8 Å². The van der Waals surface area contributed by atoms with Gasteiger partial charge in [-0.1, -0.05) is 217 Å². The van der Waals surface area contributed by atoms with Gasteiger partial charge in [-0.05, 0) is 115 Å². The molecule has 0 nitrogen and oxygen atoms in total. The Morgan fingerprint density at radius 1 is 0.243 bits per heavy atom. The Kier molecular flexibility index (Phi) is 17.0. The van der Waals surface area contributed by atoms with Crippen LogP contribution in [0.25, 0.3) is 64.6 Å². The normalized spacial score (nSPS) is 10.7. The smallest absolute Gasteiger partial charge is 0.366 e. The molecule has 74 heavy (non-hydrogen) atoms. The van der Waals surface area contributed by atoms with Crippen LogP contribution in [0.2, 0.25) is 0 Å². The molecule has 0 amide bonds. The summed E-state index contributed by atoms with van der Waals surface area (Å²) in [6, 6.07) is 99.4. The van der Waals surface area contributed by atoms with Crippen LogP contribution in [0.4, 0.5) is 0 Å². The average Bonchev–Trinajstić information content (AvgIpc) is 3.46. The molecule has 0 unspecified atom stereocenters. The predicted molar refractivity (Wildman–Crippen MR) is 317 cm³/mol. The first-order valence-corrected chi connectivity index (χ1v) is 27.3. The predicted octanol–water partition coefficient (Wildman–Crippen LogP) is 14.8. The summed E-state index contributed by atoms with van der Waals surface area (Å²) in [6.45, 7) is 0. The Morgan fingerprint density at radius 2 is 0.514 bits per heavy atom. The molecule has 4 heteroatoms. The molecule has 0 aliphatic heterocycles. The monoisotopic (exact) mass is 1340 g/mol. The first kappa shape index (κ1) is 51.8. The molecule has 0 aliphatic carbocycles. The van der Waals surface area contributed by atoms with Crippen LogP contribution in [0, 0.1) is 24.7 Å². The third kappa shape index (κ3) is 10.6. The molecule has 0 bridgehead atoms. The quantitative estimate of drug-likeness (QED) is 0.0512. The van der Waals surface area contributed by atoms with E-state index in [0.29, 0.717) is 0 Å². The van der Waals surface area contributed by atoms with Gasteiger partial charge >= 0.3 is 44.8 Å². The van der Waals surface area contributed by atoms with E-state index in [2.05, 4.69) is 254 Å². The summed E-state index contributed by atoms with van der Waals surface area (Å²) >= 11 is 0. The molecule has 0 spiro atoms. The summed E-state index contributed by atoms with van der Waals surface area (Å²) in [5, 5.41) is 22.9.